The van der Waals surface area contributed by atoms with Crippen LogP contribution in [0.3, 0.4) is 0 Å². The molecule has 0 radical (unpaired) electrons. The molecule has 1 aliphatic heterocycles. The van der Waals surface area contributed by atoms with Crippen LogP contribution in [0.2, 0.25) is 0 Å². The second kappa shape index (κ2) is 3.15. The van der Waals surface area contributed by atoms with Crippen LogP contribution < -0.4 is 0 Å². The van der Waals surface area contributed by atoms with Gasteiger partial charge in [-0.3, -0.25) is 4.90 Å². The quantitative estimate of drug-likeness (QED) is 0.497. The summed E-state index contributed by atoms with van der Waals surface area (Å²) in [5.41, 5.74) is 0. The summed E-state index contributed by atoms with van der Waals surface area (Å²) >= 11 is 0. The first kappa shape index (κ1) is 6.99. The molecular weight excluding hydrogens is 118 g/mol. The van der Waals surface area contributed by atoms with Crippen LogP contribution in [-0.2, 0) is 9.47 Å². The zero-order valence-corrected chi connectivity index (χ0v) is 5.96. The van der Waals surface area contributed by atoms with Crippen molar-refractivity contribution in [2.75, 3.05) is 33.9 Å². The molecule has 0 spiro atoms. The minimum atomic E-state index is 0.166. The van der Waals surface area contributed by atoms with E-state index in [1.54, 1.807) is 7.11 Å². The fourth-order valence-corrected chi connectivity index (χ4v) is 0.912. The van der Waals surface area contributed by atoms with Crippen molar-refractivity contribution in [1.82, 2.24) is 4.90 Å². The Labute approximate surface area is 55.5 Å². The predicted octanol–water partition coefficient (Wildman–Crippen LogP) is -0.0791. The minimum Gasteiger partial charge on any atom is -0.376 e. The third-order valence-electron chi connectivity index (χ3n) is 1.61. The second-order valence-corrected chi connectivity index (χ2v) is 2.25. The van der Waals surface area contributed by atoms with Crippen LogP contribution in [0.1, 0.15) is 0 Å². The summed E-state index contributed by atoms with van der Waals surface area (Å²) in [6.07, 6.45) is 0.166. The molecule has 0 bridgehead atoms. The maximum atomic E-state index is 5.18. The molecule has 0 aliphatic carbocycles. The zero-order valence-electron chi connectivity index (χ0n) is 5.96. The van der Waals surface area contributed by atoms with Gasteiger partial charge in [-0.1, -0.05) is 0 Å². The molecule has 3 nitrogen and oxygen atoms in total. The third-order valence-corrected chi connectivity index (χ3v) is 1.61. The van der Waals surface area contributed by atoms with Crippen LogP contribution in [0.15, 0.2) is 0 Å². The molecular formula is C6H13NO2. The summed E-state index contributed by atoms with van der Waals surface area (Å²) in [6.45, 7) is 2.50. The highest BCUT2D eigenvalue weighted by Gasteiger charge is 2.17. The first-order valence-corrected chi connectivity index (χ1v) is 3.15. The Kier molecular flexibility index (Phi) is 2.45. The molecule has 0 aromatic rings. The van der Waals surface area contributed by atoms with E-state index in [0.29, 0.717) is 6.61 Å². The highest BCUT2D eigenvalue weighted by molar-refractivity contribution is 4.61. The summed E-state index contributed by atoms with van der Waals surface area (Å²) in [6, 6.07) is 0. The molecule has 0 saturated carbocycles. The molecule has 1 fully saturated rings. The van der Waals surface area contributed by atoms with E-state index < -0.39 is 0 Å². The van der Waals surface area contributed by atoms with Crippen molar-refractivity contribution in [3.05, 3.63) is 0 Å². The largest absolute Gasteiger partial charge is 0.376 e. The van der Waals surface area contributed by atoms with Gasteiger partial charge < -0.3 is 9.47 Å². The average Bonchev–Trinajstić information content (AvgIpc) is 1.89. The molecule has 1 atom stereocenters. The van der Waals surface area contributed by atoms with Gasteiger partial charge in [-0.2, -0.15) is 0 Å². The van der Waals surface area contributed by atoms with Crippen molar-refractivity contribution < 1.29 is 9.47 Å². The number of rotatable bonds is 1. The molecule has 3 heteroatoms. The lowest BCUT2D eigenvalue weighted by molar-refractivity contribution is -0.113. The minimum absolute atomic E-state index is 0.166. The van der Waals surface area contributed by atoms with Gasteiger partial charge in [0.2, 0.25) is 0 Å². The normalized spacial score (nSPS) is 30.7. The smallest absolute Gasteiger partial charge is 0.133 e. The Morgan fingerprint density at radius 2 is 2.44 bits per heavy atom. The number of nitrogens with zero attached hydrogens (tertiary/aromatic N) is 1. The lowest BCUT2D eigenvalue weighted by Gasteiger charge is -2.30. The Bertz CT molecular complexity index is 87.1. The van der Waals surface area contributed by atoms with Gasteiger partial charge in [-0.05, 0) is 7.05 Å². The molecule has 1 aliphatic rings. The molecule has 1 rings (SSSR count). The summed E-state index contributed by atoms with van der Waals surface area (Å²) in [5, 5.41) is 0. The second-order valence-electron chi connectivity index (χ2n) is 2.25. The van der Waals surface area contributed by atoms with Gasteiger partial charge in [0.1, 0.15) is 6.23 Å². The molecule has 1 heterocycles. The lowest BCUT2D eigenvalue weighted by atomic mass is 10.4. The molecule has 1 saturated heterocycles. The van der Waals surface area contributed by atoms with E-state index in [-0.39, 0.29) is 6.23 Å². The number of ether oxygens (including phenoxy) is 2. The number of likely N-dealkylation sites (N-methyl/N-ethyl adjacent to an activating group) is 1. The Balaban J connectivity index is 2.30. The molecule has 9 heavy (non-hydrogen) atoms. The summed E-state index contributed by atoms with van der Waals surface area (Å²) in [7, 11) is 3.74. The van der Waals surface area contributed by atoms with Gasteiger partial charge >= 0.3 is 0 Å². The van der Waals surface area contributed by atoms with E-state index in [4.69, 9.17) is 9.47 Å². The highest BCUT2D eigenvalue weighted by atomic mass is 16.5. The Hall–Kier alpha value is -0.120. The lowest BCUT2D eigenvalue weighted by Crippen LogP contribution is -2.43. The van der Waals surface area contributed by atoms with E-state index in [9.17, 15) is 0 Å². The van der Waals surface area contributed by atoms with Gasteiger partial charge in [0.05, 0.1) is 13.2 Å². The standard InChI is InChI=1S/C6H13NO2/c1-7-3-4-9-5-6(7)8-2/h6H,3-5H2,1-2H3. The summed E-state index contributed by atoms with van der Waals surface area (Å²) in [4.78, 5) is 2.14. The third kappa shape index (κ3) is 1.64. The highest BCUT2D eigenvalue weighted by Crippen LogP contribution is 2.02. The van der Waals surface area contributed by atoms with E-state index >= 15 is 0 Å². The predicted molar refractivity (Wildman–Crippen MR) is 34.2 cm³/mol. The fraction of sp³-hybridized carbons (Fsp3) is 1.00. The van der Waals surface area contributed by atoms with Gasteiger partial charge in [0.15, 0.2) is 0 Å². The van der Waals surface area contributed by atoms with E-state index in [1.165, 1.54) is 0 Å². The van der Waals surface area contributed by atoms with Crippen molar-refractivity contribution in [3.8, 4) is 0 Å². The van der Waals surface area contributed by atoms with E-state index in [1.807, 2.05) is 7.05 Å². The molecule has 54 valence electrons. The maximum absolute atomic E-state index is 5.18. The Morgan fingerprint density at radius 3 is 2.89 bits per heavy atom. The zero-order chi connectivity index (χ0) is 6.69. The van der Waals surface area contributed by atoms with Gasteiger partial charge in [0, 0.05) is 13.7 Å². The van der Waals surface area contributed by atoms with E-state index in [2.05, 4.69) is 4.90 Å². The summed E-state index contributed by atoms with van der Waals surface area (Å²) < 4.78 is 10.3. The topological polar surface area (TPSA) is 21.7 Å². The summed E-state index contributed by atoms with van der Waals surface area (Å²) in [5.74, 6) is 0. The SMILES string of the molecule is COC1COCCN1C. The van der Waals surface area contributed by atoms with Crippen molar-refractivity contribution in [1.29, 1.82) is 0 Å². The number of morpholine rings is 1. The number of methoxy groups -OCH3 is 1. The molecule has 0 amide bonds. The van der Waals surface area contributed by atoms with Crippen molar-refractivity contribution >= 4 is 0 Å². The molecule has 0 aromatic carbocycles. The molecule has 0 N–H and O–H groups in total. The van der Waals surface area contributed by atoms with Crippen LogP contribution in [0, 0.1) is 0 Å². The van der Waals surface area contributed by atoms with Gasteiger partial charge in [-0.15, -0.1) is 0 Å². The first-order valence-electron chi connectivity index (χ1n) is 3.15. The maximum Gasteiger partial charge on any atom is 0.133 e. The van der Waals surface area contributed by atoms with Crippen LogP contribution in [-0.4, -0.2) is 45.0 Å². The van der Waals surface area contributed by atoms with Crippen LogP contribution in [0.25, 0.3) is 0 Å². The van der Waals surface area contributed by atoms with Crippen LogP contribution >= 0.6 is 0 Å². The fourth-order valence-electron chi connectivity index (χ4n) is 0.912. The number of hydrogen-bond donors (Lipinski definition) is 0. The van der Waals surface area contributed by atoms with Crippen molar-refractivity contribution in [2.45, 2.75) is 6.23 Å². The molecule has 1 unspecified atom stereocenters. The average molecular weight is 131 g/mol. The van der Waals surface area contributed by atoms with Crippen molar-refractivity contribution in [3.63, 3.8) is 0 Å². The van der Waals surface area contributed by atoms with Gasteiger partial charge in [-0.25, -0.2) is 0 Å². The van der Waals surface area contributed by atoms with E-state index in [0.717, 1.165) is 13.2 Å². The monoisotopic (exact) mass is 131 g/mol. The van der Waals surface area contributed by atoms with Crippen LogP contribution in [0.4, 0.5) is 0 Å². The van der Waals surface area contributed by atoms with Crippen molar-refractivity contribution in [2.24, 2.45) is 0 Å². The number of hydrogen-bond acceptors (Lipinski definition) is 3. The van der Waals surface area contributed by atoms with Crippen LogP contribution in [0.5, 0.6) is 0 Å². The molecule has 0 aromatic heterocycles. The first-order chi connectivity index (χ1) is 4.34. The Morgan fingerprint density at radius 1 is 1.67 bits per heavy atom. The van der Waals surface area contributed by atoms with Gasteiger partial charge in [0.25, 0.3) is 0 Å².